The van der Waals surface area contributed by atoms with Crippen molar-refractivity contribution in [2.45, 2.75) is 6.42 Å². The number of carbonyl (C=O) groups excluding carboxylic acids is 2. The van der Waals surface area contributed by atoms with Gasteiger partial charge in [-0.1, -0.05) is 72.8 Å². The molecule has 1 heterocycles. The first-order valence-corrected chi connectivity index (χ1v) is 9.53. The van der Waals surface area contributed by atoms with Crippen LogP contribution in [0.25, 0.3) is 10.9 Å². The zero-order valence-electron chi connectivity index (χ0n) is 15.8. The summed E-state index contributed by atoms with van der Waals surface area (Å²) in [6, 6.07) is 25.9. The minimum atomic E-state index is -0.252. The second-order valence-electron chi connectivity index (χ2n) is 6.74. The Hall–Kier alpha value is -3.79. The molecule has 1 aromatic heterocycles. The van der Waals surface area contributed by atoms with Gasteiger partial charge >= 0.3 is 0 Å². The number of rotatable bonds is 6. The van der Waals surface area contributed by atoms with Crippen molar-refractivity contribution in [3.8, 4) is 0 Å². The Morgan fingerprint density at radius 1 is 0.759 bits per heavy atom. The smallest absolute Gasteiger partial charge is 0.252 e. The third-order valence-electron chi connectivity index (χ3n) is 4.85. The molecular weight excluding hydrogens is 360 g/mol. The topological polar surface area (TPSA) is 59.1 Å². The highest BCUT2D eigenvalue weighted by Crippen LogP contribution is 2.17. The van der Waals surface area contributed by atoms with Crippen LogP contribution in [0, 0.1) is 0 Å². The molecule has 0 spiro atoms. The zero-order valence-corrected chi connectivity index (χ0v) is 15.8. The summed E-state index contributed by atoms with van der Waals surface area (Å²) in [7, 11) is 0. The number of amides is 1. The normalized spacial score (nSPS) is 10.6. The van der Waals surface area contributed by atoms with Gasteiger partial charge in [0.2, 0.25) is 0 Å². The first-order chi connectivity index (χ1) is 14.2. The Morgan fingerprint density at radius 3 is 2.31 bits per heavy atom. The highest BCUT2D eigenvalue weighted by atomic mass is 16.2. The van der Waals surface area contributed by atoms with Crippen molar-refractivity contribution < 1.29 is 9.59 Å². The Bertz CT molecular complexity index is 1160. The van der Waals surface area contributed by atoms with Crippen LogP contribution in [0.5, 0.6) is 0 Å². The fourth-order valence-corrected chi connectivity index (χ4v) is 3.40. The van der Waals surface area contributed by atoms with Gasteiger partial charge in [-0.05, 0) is 24.1 Å². The molecule has 4 aromatic rings. The summed E-state index contributed by atoms with van der Waals surface area (Å²) in [6.07, 6.45) is 2.44. The van der Waals surface area contributed by atoms with E-state index in [9.17, 15) is 9.59 Å². The molecule has 29 heavy (non-hydrogen) atoms. The van der Waals surface area contributed by atoms with Crippen molar-refractivity contribution in [1.82, 2.24) is 10.3 Å². The number of nitrogens with one attached hydrogen (secondary N) is 1. The molecule has 0 saturated carbocycles. The number of nitrogens with zero attached hydrogens (tertiary/aromatic N) is 1. The largest absolute Gasteiger partial charge is 0.352 e. The van der Waals surface area contributed by atoms with Gasteiger partial charge in [-0.2, -0.15) is 0 Å². The van der Waals surface area contributed by atoms with E-state index in [0.29, 0.717) is 29.7 Å². The predicted octanol–water partition coefficient (Wildman–Crippen LogP) is 4.44. The van der Waals surface area contributed by atoms with Gasteiger partial charge in [0.1, 0.15) is 0 Å². The maximum atomic E-state index is 12.8. The third kappa shape index (κ3) is 4.06. The number of para-hydroxylation sites is 1. The third-order valence-corrected chi connectivity index (χ3v) is 4.85. The van der Waals surface area contributed by atoms with Crippen molar-refractivity contribution >= 4 is 22.6 Å². The fraction of sp³-hybridized carbons (Fsp3) is 0.0800. The lowest BCUT2D eigenvalue weighted by atomic mass is 9.98. The van der Waals surface area contributed by atoms with Crippen LogP contribution in [-0.4, -0.2) is 23.2 Å². The van der Waals surface area contributed by atoms with Crippen LogP contribution >= 0.6 is 0 Å². The second-order valence-corrected chi connectivity index (χ2v) is 6.74. The molecule has 1 N–H and O–H groups in total. The molecule has 4 nitrogen and oxygen atoms in total. The number of fused-ring (bicyclic) bond motifs is 1. The average molecular weight is 380 g/mol. The maximum Gasteiger partial charge on any atom is 0.252 e. The van der Waals surface area contributed by atoms with Gasteiger partial charge in [0.25, 0.3) is 5.91 Å². The lowest BCUT2D eigenvalue weighted by molar-refractivity contribution is 0.0942. The van der Waals surface area contributed by atoms with E-state index in [1.165, 1.54) is 0 Å². The minimum Gasteiger partial charge on any atom is -0.352 e. The highest BCUT2D eigenvalue weighted by molar-refractivity contribution is 6.15. The van der Waals surface area contributed by atoms with E-state index >= 15 is 0 Å². The standard InChI is InChI=1S/C25H20N2O2/c28-24(20-8-2-1-3-9-20)21-13-4-5-14-22(21)25(29)27-17-15-19-11-6-10-18-12-7-16-26-23(18)19/h1-14,16H,15,17H2,(H,27,29). The van der Waals surface area contributed by atoms with Gasteiger partial charge in [0.05, 0.1) is 11.1 Å². The molecule has 0 aliphatic carbocycles. The number of benzene rings is 3. The summed E-state index contributed by atoms with van der Waals surface area (Å²) >= 11 is 0. The first kappa shape index (κ1) is 18.6. The van der Waals surface area contributed by atoms with Crippen molar-refractivity contribution in [1.29, 1.82) is 0 Å². The van der Waals surface area contributed by atoms with E-state index < -0.39 is 0 Å². The zero-order chi connectivity index (χ0) is 20.1. The molecule has 0 unspecified atom stereocenters. The Balaban J connectivity index is 1.49. The molecule has 4 rings (SSSR count). The number of hydrogen-bond donors (Lipinski definition) is 1. The van der Waals surface area contributed by atoms with E-state index in [-0.39, 0.29) is 11.7 Å². The number of ketones is 1. The van der Waals surface area contributed by atoms with E-state index in [1.54, 1.807) is 42.6 Å². The minimum absolute atomic E-state index is 0.158. The lowest BCUT2D eigenvalue weighted by Crippen LogP contribution is -2.27. The van der Waals surface area contributed by atoms with E-state index in [0.717, 1.165) is 16.5 Å². The molecule has 0 atom stereocenters. The van der Waals surface area contributed by atoms with Crippen LogP contribution < -0.4 is 5.32 Å². The summed E-state index contributed by atoms with van der Waals surface area (Å²) in [5.41, 5.74) is 3.39. The molecule has 0 saturated heterocycles. The van der Waals surface area contributed by atoms with Gasteiger partial charge in [-0.3, -0.25) is 14.6 Å². The summed E-state index contributed by atoms with van der Waals surface area (Å²) in [5, 5.41) is 4.02. The fourth-order valence-electron chi connectivity index (χ4n) is 3.40. The summed E-state index contributed by atoms with van der Waals surface area (Å²) in [4.78, 5) is 30.1. The molecule has 142 valence electrons. The SMILES string of the molecule is O=C(NCCc1cccc2cccnc12)c1ccccc1C(=O)c1ccccc1. The summed E-state index contributed by atoms with van der Waals surface area (Å²) in [5.74, 6) is -0.410. The molecule has 4 heteroatoms. The molecule has 0 aliphatic rings. The molecule has 1 amide bonds. The number of hydrogen-bond acceptors (Lipinski definition) is 3. The van der Waals surface area contributed by atoms with Crippen molar-refractivity contribution in [2.24, 2.45) is 0 Å². The molecule has 3 aromatic carbocycles. The van der Waals surface area contributed by atoms with Crippen LogP contribution in [0.15, 0.2) is 91.1 Å². The van der Waals surface area contributed by atoms with Gasteiger partial charge in [0, 0.05) is 29.3 Å². The average Bonchev–Trinajstić information content (AvgIpc) is 2.79. The van der Waals surface area contributed by atoms with Crippen LogP contribution in [0.4, 0.5) is 0 Å². The van der Waals surface area contributed by atoms with Gasteiger partial charge in [0.15, 0.2) is 5.78 Å². The van der Waals surface area contributed by atoms with E-state index in [4.69, 9.17) is 0 Å². The van der Waals surface area contributed by atoms with E-state index in [1.807, 2.05) is 48.5 Å². The quantitative estimate of drug-likeness (QED) is 0.503. The Kier molecular flexibility index (Phi) is 5.43. The van der Waals surface area contributed by atoms with Gasteiger partial charge in [-0.15, -0.1) is 0 Å². The Morgan fingerprint density at radius 2 is 1.48 bits per heavy atom. The predicted molar refractivity (Wildman–Crippen MR) is 114 cm³/mol. The molecule has 0 fully saturated rings. The van der Waals surface area contributed by atoms with Crippen molar-refractivity contribution in [2.75, 3.05) is 6.54 Å². The molecular formula is C25H20N2O2. The van der Waals surface area contributed by atoms with Crippen LogP contribution in [0.3, 0.4) is 0 Å². The van der Waals surface area contributed by atoms with Crippen LogP contribution in [0.2, 0.25) is 0 Å². The summed E-state index contributed by atoms with van der Waals surface area (Å²) < 4.78 is 0. The molecule has 0 radical (unpaired) electrons. The summed E-state index contributed by atoms with van der Waals surface area (Å²) in [6.45, 7) is 0.461. The molecule has 0 aliphatic heterocycles. The van der Waals surface area contributed by atoms with Crippen molar-refractivity contribution in [3.05, 3.63) is 113 Å². The first-order valence-electron chi connectivity index (χ1n) is 9.53. The van der Waals surface area contributed by atoms with Crippen LogP contribution in [-0.2, 0) is 6.42 Å². The van der Waals surface area contributed by atoms with E-state index in [2.05, 4.69) is 10.3 Å². The van der Waals surface area contributed by atoms with Crippen molar-refractivity contribution in [3.63, 3.8) is 0 Å². The number of aromatic nitrogens is 1. The Labute approximate surface area is 169 Å². The highest BCUT2D eigenvalue weighted by Gasteiger charge is 2.17. The maximum absolute atomic E-state index is 12.8. The number of pyridine rings is 1. The van der Waals surface area contributed by atoms with Crippen LogP contribution in [0.1, 0.15) is 31.8 Å². The lowest BCUT2D eigenvalue weighted by Gasteiger charge is -2.10. The monoisotopic (exact) mass is 380 g/mol. The number of carbonyl (C=O) groups is 2. The van der Waals surface area contributed by atoms with Gasteiger partial charge in [-0.25, -0.2) is 0 Å². The molecule has 0 bridgehead atoms. The van der Waals surface area contributed by atoms with Gasteiger partial charge < -0.3 is 5.32 Å². The second kappa shape index (κ2) is 8.48.